The second-order valence-electron chi connectivity index (χ2n) is 12.0. The molecule has 0 aliphatic carbocycles. The molecule has 9 nitrogen and oxygen atoms in total. The first-order valence-corrected chi connectivity index (χ1v) is 18.6. The van der Waals surface area contributed by atoms with Crippen molar-refractivity contribution in [1.82, 2.24) is 0 Å². The Morgan fingerprint density at radius 3 is 1.45 bits per heavy atom. The Morgan fingerprint density at radius 1 is 0.642 bits per heavy atom. The van der Waals surface area contributed by atoms with Crippen molar-refractivity contribution < 1.29 is 48.7 Å². The Morgan fingerprint density at radius 2 is 1.08 bits per heavy atom. The summed E-state index contributed by atoms with van der Waals surface area (Å²) < 4.78 is 109. The molecule has 0 amide bonds. The van der Waals surface area contributed by atoms with Gasteiger partial charge >= 0.3 is 135 Å². The molecule has 0 unspecified atom stereocenters. The summed E-state index contributed by atoms with van der Waals surface area (Å²) in [5.41, 5.74) is 2.35. The molecular formula is C37H31BF4N2O7S2. The summed E-state index contributed by atoms with van der Waals surface area (Å²) in [5.74, 6) is -1.41. The first-order valence-electron chi connectivity index (χ1n) is 15.5. The predicted molar refractivity (Wildman–Crippen MR) is 191 cm³/mol. The molecule has 0 bridgehead atoms. The molecule has 0 saturated heterocycles. The number of rotatable bonds is 10. The molecule has 5 aromatic rings. The quantitative estimate of drug-likeness (QED) is 0.105. The van der Waals surface area contributed by atoms with Crippen LogP contribution in [0.5, 0.6) is 0 Å². The molecule has 274 valence electrons. The zero-order valence-corrected chi connectivity index (χ0v) is 29.8. The van der Waals surface area contributed by atoms with Gasteiger partial charge in [-0.2, -0.15) is 13.2 Å². The normalized spacial score (nSPS) is 11.6. The van der Waals surface area contributed by atoms with Crippen molar-refractivity contribution in [3.8, 4) is 11.1 Å². The molecule has 0 radical (unpaired) electrons. The van der Waals surface area contributed by atoms with Crippen LogP contribution in [0.4, 0.5) is 17.6 Å². The van der Waals surface area contributed by atoms with Crippen LogP contribution in [0.15, 0.2) is 113 Å². The van der Waals surface area contributed by atoms with Crippen LogP contribution in [0.2, 0.25) is 0 Å². The van der Waals surface area contributed by atoms with Gasteiger partial charge in [-0.3, -0.25) is 4.79 Å². The molecule has 0 aliphatic rings. The fourth-order valence-electron chi connectivity index (χ4n) is 5.44. The second-order valence-corrected chi connectivity index (χ2v) is 15.1. The topological polar surface area (TPSA) is 172 Å². The van der Waals surface area contributed by atoms with Gasteiger partial charge in [-0.05, 0) is 47.4 Å². The average Bonchev–Trinajstić information content (AvgIpc) is 3.07. The van der Waals surface area contributed by atoms with E-state index in [0.717, 1.165) is 12.1 Å². The molecule has 0 aliphatic heterocycles. The fraction of sp³-hybridized carbons (Fsp3) is 0.135. The van der Waals surface area contributed by atoms with E-state index in [9.17, 15) is 48.7 Å². The standard InChI is InChI=1S/C22H17F4NO3S.C15H14BNO4S/c1-13-10-14(2-9-21(13)31(27,29)30)11-20(28)16-5-3-15(4-6-16)18-8-7-17(23)12-19(18)22(24,25)26;1-10-8-11(2-7-15(10)22(17,20)21)9-14(18)12-3-5-13(16-19)6-4-12/h2-10,12H,11H2,1H3,(H2,27,29,30);2-8H,9H2,1H3,(H2,17,20,21). The van der Waals surface area contributed by atoms with E-state index in [0.29, 0.717) is 46.5 Å². The van der Waals surface area contributed by atoms with E-state index in [2.05, 4.69) is 0 Å². The van der Waals surface area contributed by atoms with Gasteiger partial charge in [0.15, 0.2) is 5.78 Å². The van der Waals surface area contributed by atoms with E-state index in [1.54, 1.807) is 56.3 Å². The van der Waals surface area contributed by atoms with E-state index in [-0.39, 0.29) is 50.9 Å². The summed E-state index contributed by atoms with van der Waals surface area (Å²) >= 11 is 0. The predicted octanol–water partition coefficient (Wildman–Crippen LogP) is 5.64. The minimum atomic E-state index is -4.73. The molecule has 0 saturated carbocycles. The van der Waals surface area contributed by atoms with Gasteiger partial charge in [-0.15, -0.1) is 0 Å². The van der Waals surface area contributed by atoms with Gasteiger partial charge in [0.1, 0.15) is 5.82 Å². The minimum absolute atomic E-state index is 0.0323. The number of sulfonamides is 2. The Labute approximate surface area is 304 Å². The van der Waals surface area contributed by atoms with Gasteiger partial charge < -0.3 is 0 Å². The van der Waals surface area contributed by atoms with Gasteiger partial charge in [-0.25, -0.2) is 17.9 Å². The van der Waals surface area contributed by atoms with Crippen molar-refractivity contribution in [2.45, 2.75) is 42.7 Å². The number of primary sulfonamides is 2. The van der Waals surface area contributed by atoms with Gasteiger partial charge in [0.25, 0.3) is 0 Å². The molecule has 4 N–H and O–H groups in total. The summed E-state index contributed by atoms with van der Waals surface area (Å²) in [4.78, 5) is 24.7. The number of nitrogens with two attached hydrogens (primary N) is 2. The van der Waals surface area contributed by atoms with E-state index < -0.39 is 37.6 Å². The van der Waals surface area contributed by atoms with Gasteiger partial charge in [0.2, 0.25) is 10.0 Å². The van der Waals surface area contributed by atoms with Crippen LogP contribution in [0.25, 0.3) is 11.1 Å². The molecule has 0 aromatic heterocycles. The van der Waals surface area contributed by atoms with Crippen LogP contribution in [0.1, 0.15) is 48.5 Å². The van der Waals surface area contributed by atoms with Crippen LogP contribution in [0.3, 0.4) is 0 Å². The van der Waals surface area contributed by atoms with Crippen LogP contribution >= 0.6 is 0 Å². The van der Waals surface area contributed by atoms with E-state index >= 15 is 0 Å². The zero-order valence-electron chi connectivity index (χ0n) is 28.1. The Hall–Kier alpha value is -5.16. The first kappa shape index (κ1) is 40.6. The van der Waals surface area contributed by atoms with Crippen molar-refractivity contribution in [1.29, 1.82) is 0 Å². The molecule has 0 fully saturated rings. The number of benzene rings is 5. The van der Waals surface area contributed by atoms with Crippen LogP contribution in [0, 0.1) is 19.7 Å². The molecule has 5 aromatic carbocycles. The number of halogens is 4. The number of hydrogen-bond acceptors (Lipinski definition) is 7. The molecular weight excluding hydrogens is 735 g/mol. The number of Topliss-reactive ketones (excluding diaryl/α,β-unsaturated/α-hetero) is 2. The van der Waals surface area contributed by atoms with Crippen molar-refractivity contribution >= 4 is 44.2 Å². The Balaban J connectivity index is 0.000000251. The average molecular weight is 767 g/mol. The SMILES string of the molecule is Cc1cc(CC(=O)c2ccc(-c3ccc(F)cc3C(F)(F)F)cc2)ccc1S(N)(=O)=O.Cc1cc(CC(=O)c2ccc(B=O)cc2)ccc1S(N)(=O)=O. The molecule has 16 heteroatoms. The van der Waals surface area contributed by atoms with E-state index in [1.165, 1.54) is 42.5 Å². The van der Waals surface area contributed by atoms with Crippen molar-refractivity contribution in [2.24, 2.45) is 10.3 Å². The zero-order chi connectivity index (χ0) is 39.3. The van der Waals surface area contributed by atoms with Crippen LogP contribution in [-0.4, -0.2) is 35.6 Å². The van der Waals surface area contributed by atoms with E-state index in [4.69, 9.17) is 10.3 Å². The number of carbonyl (C=O) groups excluding carboxylic acids is 2. The third-order valence-corrected chi connectivity index (χ3v) is 10.1. The van der Waals surface area contributed by atoms with Gasteiger partial charge in [0, 0.05) is 12.0 Å². The maximum atomic E-state index is 13.3. The number of hydrogen-bond donors (Lipinski definition) is 2. The van der Waals surface area contributed by atoms with Gasteiger partial charge in [-0.1, -0.05) is 42.5 Å². The summed E-state index contributed by atoms with van der Waals surface area (Å²) in [7, 11) is -6.91. The molecule has 0 heterocycles. The molecule has 5 rings (SSSR count). The second kappa shape index (κ2) is 16.2. The number of carbonyl (C=O) groups is 2. The van der Waals surface area contributed by atoms with Crippen molar-refractivity contribution in [3.05, 3.63) is 148 Å². The number of aryl methyl sites for hydroxylation is 2. The summed E-state index contributed by atoms with van der Waals surface area (Å²) in [6.07, 6.45) is -4.62. The third kappa shape index (κ3) is 10.7. The third-order valence-electron chi connectivity index (χ3n) is 7.99. The monoisotopic (exact) mass is 766 g/mol. The van der Waals surface area contributed by atoms with Gasteiger partial charge in [0.05, 0.1) is 10.5 Å². The maximum absolute atomic E-state index is 13.3. The Bertz CT molecular complexity index is 2420. The molecule has 53 heavy (non-hydrogen) atoms. The molecule has 0 atom stereocenters. The fourth-order valence-corrected chi connectivity index (χ4v) is 6.97. The summed E-state index contributed by atoms with van der Waals surface area (Å²) in [5, 5.41) is 10.2. The van der Waals surface area contributed by atoms with Crippen LogP contribution < -0.4 is 15.7 Å². The number of ketones is 2. The molecule has 0 spiro atoms. The summed E-state index contributed by atoms with van der Waals surface area (Å²) in [6, 6.07) is 23.3. The number of alkyl halides is 3. The van der Waals surface area contributed by atoms with Crippen LogP contribution in [-0.2, 0) is 43.8 Å². The van der Waals surface area contributed by atoms with Crippen molar-refractivity contribution in [3.63, 3.8) is 0 Å². The van der Waals surface area contributed by atoms with Crippen molar-refractivity contribution in [2.75, 3.05) is 0 Å². The summed E-state index contributed by atoms with van der Waals surface area (Å²) in [6.45, 7) is 3.19. The Kier molecular flexibility index (Phi) is 12.5. The van der Waals surface area contributed by atoms with E-state index in [1.807, 2.05) is 0 Å². The first-order chi connectivity index (χ1) is 24.7.